The van der Waals surface area contributed by atoms with Gasteiger partial charge in [-0.1, -0.05) is 0 Å². The van der Waals surface area contributed by atoms with E-state index in [1.807, 2.05) is 13.0 Å². The highest BCUT2D eigenvalue weighted by Crippen LogP contribution is 2.28. The number of hydrogen-bond donors (Lipinski definition) is 2. The quantitative estimate of drug-likeness (QED) is 0.906. The first-order chi connectivity index (χ1) is 9.63. The van der Waals surface area contributed by atoms with Gasteiger partial charge in [-0.3, -0.25) is 4.79 Å². The summed E-state index contributed by atoms with van der Waals surface area (Å²) in [6.07, 6.45) is 2.94. The van der Waals surface area contributed by atoms with Gasteiger partial charge in [-0.05, 0) is 37.8 Å². The molecule has 6 heteroatoms. The summed E-state index contributed by atoms with van der Waals surface area (Å²) in [7, 11) is 0. The minimum atomic E-state index is -0.191. The van der Waals surface area contributed by atoms with Crippen molar-refractivity contribution in [2.45, 2.75) is 25.9 Å². The summed E-state index contributed by atoms with van der Waals surface area (Å²) in [6.45, 7) is 2.48. The van der Waals surface area contributed by atoms with Crippen LogP contribution >= 0.6 is 11.3 Å². The van der Waals surface area contributed by atoms with Gasteiger partial charge in [0.15, 0.2) is 10.8 Å². The molecule has 2 N–H and O–H groups in total. The molecule has 1 amide bonds. The van der Waals surface area contributed by atoms with Gasteiger partial charge in [-0.2, -0.15) is 0 Å². The number of amides is 1. The third-order valence-corrected chi connectivity index (χ3v) is 4.49. The molecule has 5 nitrogen and oxygen atoms in total. The lowest BCUT2D eigenvalue weighted by Crippen LogP contribution is -2.38. The second-order valence-corrected chi connectivity index (χ2v) is 6.31. The van der Waals surface area contributed by atoms with Crippen molar-refractivity contribution in [3.05, 3.63) is 29.0 Å². The van der Waals surface area contributed by atoms with Gasteiger partial charge in [0.2, 0.25) is 0 Å². The predicted octanol–water partition coefficient (Wildman–Crippen LogP) is 2.21. The summed E-state index contributed by atoms with van der Waals surface area (Å²) in [4.78, 5) is 17.3. The Labute approximate surface area is 120 Å². The van der Waals surface area contributed by atoms with Crippen molar-refractivity contribution in [2.24, 2.45) is 5.92 Å². The Morgan fingerprint density at radius 2 is 2.40 bits per heavy atom. The third-order valence-electron chi connectivity index (χ3n) is 3.51. The number of thiazole rings is 1. The van der Waals surface area contributed by atoms with E-state index < -0.39 is 0 Å². The highest BCUT2D eigenvalue weighted by Gasteiger charge is 2.27. The van der Waals surface area contributed by atoms with Crippen molar-refractivity contribution in [1.82, 2.24) is 10.3 Å². The molecular formula is C14H16N2O3S. The van der Waals surface area contributed by atoms with Crippen LogP contribution in [0.2, 0.25) is 0 Å². The number of aliphatic hydroxyl groups is 1. The molecule has 20 heavy (non-hydrogen) atoms. The second kappa shape index (κ2) is 5.38. The highest BCUT2D eigenvalue weighted by atomic mass is 32.1. The molecule has 0 unspecified atom stereocenters. The molecule has 2 heterocycles. The number of aryl methyl sites for hydroxylation is 1. The molecule has 2 aromatic heterocycles. The van der Waals surface area contributed by atoms with Crippen LogP contribution in [0.4, 0.5) is 0 Å². The number of nitrogens with one attached hydrogen (secondary N) is 1. The summed E-state index contributed by atoms with van der Waals surface area (Å²) in [5.74, 6) is 0.912. The van der Waals surface area contributed by atoms with Gasteiger partial charge in [0, 0.05) is 11.4 Å². The molecule has 1 fully saturated rings. The molecule has 0 bridgehead atoms. The van der Waals surface area contributed by atoms with Crippen molar-refractivity contribution in [3.63, 3.8) is 0 Å². The molecule has 0 spiro atoms. The zero-order valence-electron chi connectivity index (χ0n) is 11.1. The third kappa shape index (κ3) is 2.62. The molecular weight excluding hydrogens is 276 g/mol. The van der Waals surface area contributed by atoms with E-state index in [1.165, 1.54) is 11.3 Å². The van der Waals surface area contributed by atoms with Gasteiger partial charge in [-0.15, -0.1) is 11.3 Å². The Hall–Kier alpha value is -1.66. The van der Waals surface area contributed by atoms with Crippen molar-refractivity contribution in [2.75, 3.05) is 6.54 Å². The minimum absolute atomic E-state index is 0.155. The van der Waals surface area contributed by atoms with Gasteiger partial charge >= 0.3 is 0 Å². The summed E-state index contributed by atoms with van der Waals surface area (Å²) in [5.41, 5.74) is 0.460. The fourth-order valence-electron chi connectivity index (χ4n) is 2.30. The molecule has 0 aromatic carbocycles. The monoisotopic (exact) mass is 292 g/mol. The van der Waals surface area contributed by atoms with Crippen LogP contribution < -0.4 is 5.32 Å². The number of aliphatic hydroxyl groups excluding tert-OH is 1. The van der Waals surface area contributed by atoms with Crippen molar-refractivity contribution in [1.29, 1.82) is 0 Å². The van der Waals surface area contributed by atoms with Crippen LogP contribution in [0.3, 0.4) is 0 Å². The fraction of sp³-hybridized carbons (Fsp3) is 0.429. The lowest BCUT2D eigenvalue weighted by atomic mass is 9.82. The molecule has 0 radical (unpaired) electrons. The molecule has 0 aliphatic heterocycles. The fourth-order valence-corrected chi connectivity index (χ4v) is 3.18. The lowest BCUT2D eigenvalue weighted by Gasteiger charge is -2.31. The molecule has 1 aliphatic carbocycles. The number of furan rings is 1. The number of nitrogens with zero attached hydrogens (tertiary/aromatic N) is 1. The Balaban J connectivity index is 1.65. The van der Waals surface area contributed by atoms with Crippen LogP contribution in [0.1, 0.15) is 28.2 Å². The Morgan fingerprint density at radius 1 is 1.60 bits per heavy atom. The van der Waals surface area contributed by atoms with Crippen LogP contribution in [-0.4, -0.2) is 28.6 Å². The van der Waals surface area contributed by atoms with Gasteiger partial charge in [-0.25, -0.2) is 4.98 Å². The van der Waals surface area contributed by atoms with E-state index in [9.17, 15) is 9.90 Å². The largest absolute Gasteiger partial charge is 0.462 e. The number of carbonyl (C=O) groups is 1. The van der Waals surface area contributed by atoms with E-state index in [1.54, 1.807) is 12.3 Å². The topological polar surface area (TPSA) is 75.4 Å². The minimum Gasteiger partial charge on any atom is -0.462 e. The maximum absolute atomic E-state index is 12.1. The maximum atomic E-state index is 12.1. The first-order valence-corrected chi connectivity index (χ1v) is 7.42. The summed E-state index contributed by atoms with van der Waals surface area (Å²) >= 11 is 1.45. The van der Waals surface area contributed by atoms with Gasteiger partial charge in [0.1, 0.15) is 5.69 Å². The van der Waals surface area contributed by atoms with Gasteiger partial charge < -0.3 is 14.8 Å². The summed E-state index contributed by atoms with van der Waals surface area (Å²) in [6, 6.07) is 3.63. The predicted molar refractivity (Wildman–Crippen MR) is 75.6 cm³/mol. The van der Waals surface area contributed by atoms with Crippen molar-refractivity contribution >= 4 is 17.2 Å². The molecule has 0 atom stereocenters. The number of aromatic nitrogens is 1. The Kier molecular flexibility index (Phi) is 3.58. The van der Waals surface area contributed by atoms with E-state index >= 15 is 0 Å². The zero-order valence-corrected chi connectivity index (χ0v) is 11.9. The van der Waals surface area contributed by atoms with E-state index in [2.05, 4.69) is 10.3 Å². The Morgan fingerprint density at radius 3 is 3.05 bits per heavy atom. The van der Waals surface area contributed by atoms with E-state index in [0.29, 0.717) is 23.9 Å². The first kappa shape index (κ1) is 13.3. The molecule has 3 rings (SSSR count). The van der Waals surface area contributed by atoms with Crippen LogP contribution in [0.5, 0.6) is 0 Å². The average Bonchev–Trinajstić information content (AvgIpc) is 3.01. The van der Waals surface area contributed by atoms with Crippen LogP contribution in [0.15, 0.2) is 22.8 Å². The van der Waals surface area contributed by atoms with Crippen molar-refractivity contribution < 1.29 is 14.3 Å². The maximum Gasteiger partial charge on any atom is 0.271 e. The normalized spacial score (nSPS) is 21.5. The smallest absolute Gasteiger partial charge is 0.271 e. The van der Waals surface area contributed by atoms with Gasteiger partial charge in [0.25, 0.3) is 5.91 Å². The highest BCUT2D eigenvalue weighted by molar-refractivity contribution is 7.15. The van der Waals surface area contributed by atoms with Crippen LogP contribution in [0, 0.1) is 12.8 Å². The van der Waals surface area contributed by atoms with Crippen molar-refractivity contribution in [3.8, 4) is 10.8 Å². The SMILES string of the molecule is Cc1sc(-c2ccco2)nc1C(=O)NCC1CC(O)C1. The molecule has 0 saturated heterocycles. The van der Waals surface area contributed by atoms with E-state index in [0.717, 1.165) is 22.7 Å². The van der Waals surface area contributed by atoms with E-state index in [-0.39, 0.29) is 12.0 Å². The second-order valence-electron chi connectivity index (χ2n) is 5.10. The molecule has 2 aromatic rings. The summed E-state index contributed by atoms with van der Waals surface area (Å²) in [5, 5.41) is 12.8. The first-order valence-electron chi connectivity index (χ1n) is 6.61. The lowest BCUT2D eigenvalue weighted by molar-refractivity contribution is 0.0419. The standard InChI is InChI=1S/C14H16N2O3S/c1-8-12(13(18)15-7-9-5-10(17)6-9)16-14(20-8)11-3-2-4-19-11/h2-4,9-10,17H,5-7H2,1H3,(H,15,18). The number of hydrogen-bond acceptors (Lipinski definition) is 5. The molecule has 106 valence electrons. The number of carbonyl (C=O) groups excluding carboxylic acids is 1. The van der Waals surface area contributed by atoms with Crippen LogP contribution in [0.25, 0.3) is 10.8 Å². The zero-order chi connectivity index (χ0) is 14.1. The van der Waals surface area contributed by atoms with Gasteiger partial charge in [0.05, 0.1) is 12.4 Å². The Bertz CT molecular complexity index is 600. The van der Waals surface area contributed by atoms with E-state index in [4.69, 9.17) is 4.42 Å². The van der Waals surface area contributed by atoms with Crippen LogP contribution in [-0.2, 0) is 0 Å². The molecule has 1 aliphatic rings. The number of rotatable bonds is 4. The average molecular weight is 292 g/mol. The molecule has 1 saturated carbocycles. The summed E-state index contributed by atoms with van der Waals surface area (Å²) < 4.78 is 5.29.